The number of benzene rings is 2. The van der Waals surface area contributed by atoms with Crippen molar-refractivity contribution >= 4 is 35.0 Å². The molecule has 5 nitrogen and oxygen atoms in total. The van der Waals surface area contributed by atoms with Crippen molar-refractivity contribution in [3.8, 4) is 5.75 Å². The van der Waals surface area contributed by atoms with Crippen LogP contribution in [0.15, 0.2) is 47.4 Å². The second kappa shape index (κ2) is 8.60. The van der Waals surface area contributed by atoms with E-state index in [9.17, 15) is 18.4 Å². The number of nitrogens with one attached hydrogen (secondary N) is 1. The van der Waals surface area contributed by atoms with Gasteiger partial charge in [-0.3, -0.25) is 9.59 Å². The summed E-state index contributed by atoms with van der Waals surface area (Å²) < 4.78 is 30.8. The number of amides is 2. The number of aryl methyl sites for hydroxylation is 1. The van der Waals surface area contributed by atoms with Gasteiger partial charge in [0.1, 0.15) is 5.75 Å². The number of thioether (sulfide) groups is 1. The monoisotopic (exact) mass is 406 g/mol. The molecule has 0 saturated carbocycles. The molecule has 1 atom stereocenters. The third-order valence-corrected chi connectivity index (χ3v) is 5.27. The molecule has 1 aliphatic rings. The summed E-state index contributed by atoms with van der Waals surface area (Å²) >= 11 is 0.372. The summed E-state index contributed by atoms with van der Waals surface area (Å²) in [5.74, 6) is -3.17. The number of alkyl halides is 2. The quantitative estimate of drug-likeness (QED) is 0.727. The van der Waals surface area contributed by atoms with Crippen molar-refractivity contribution in [3.05, 3.63) is 48.0 Å². The van der Waals surface area contributed by atoms with E-state index in [1.807, 2.05) is 19.1 Å². The molecule has 2 aromatic rings. The molecule has 1 fully saturated rings. The summed E-state index contributed by atoms with van der Waals surface area (Å²) in [5.41, 5.74) is 1.91. The molecular weight excluding hydrogens is 386 g/mol. The van der Waals surface area contributed by atoms with Crippen molar-refractivity contribution in [2.45, 2.75) is 24.0 Å². The van der Waals surface area contributed by atoms with Crippen molar-refractivity contribution < 1.29 is 23.1 Å². The number of nitrogens with zero attached hydrogens (tertiary/aromatic N) is 1. The minimum atomic E-state index is -2.59. The molecule has 8 heteroatoms. The summed E-state index contributed by atoms with van der Waals surface area (Å²) in [7, 11) is 1.52. The van der Waals surface area contributed by atoms with Gasteiger partial charge in [-0.1, -0.05) is 30.0 Å². The third-order valence-electron chi connectivity index (χ3n) is 4.48. The SMILES string of the molecule is COc1ccc(C)cc1N1CC(C(=O)Nc2ccccc2SC(F)F)CC1=O. The number of halogens is 2. The molecule has 148 valence electrons. The molecule has 3 rings (SSSR count). The van der Waals surface area contributed by atoms with Crippen molar-refractivity contribution in [2.75, 3.05) is 23.9 Å². The van der Waals surface area contributed by atoms with Gasteiger partial charge in [-0.25, -0.2) is 0 Å². The van der Waals surface area contributed by atoms with Crippen molar-refractivity contribution in [3.63, 3.8) is 0 Å². The number of rotatable bonds is 6. The number of hydrogen-bond donors (Lipinski definition) is 1. The molecule has 0 bridgehead atoms. The van der Waals surface area contributed by atoms with Gasteiger partial charge in [0.05, 0.1) is 24.4 Å². The molecule has 0 aromatic heterocycles. The zero-order valence-electron chi connectivity index (χ0n) is 15.4. The van der Waals surface area contributed by atoms with Crippen LogP contribution in [-0.4, -0.2) is 31.2 Å². The first-order valence-electron chi connectivity index (χ1n) is 8.68. The predicted octanol–water partition coefficient (Wildman–Crippen LogP) is 4.31. The van der Waals surface area contributed by atoms with Crippen LogP contribution in [0.1, 0.15) is 12.0 Å². The summed E-state index contributed by atoms with van der Waals surface area (Å²) in [6.45, 7) is 2.11. The summed E-state index contributed by atoms with van der Waals surface area (Å²) in [5, 5.41) is 2.69. The number of carbonyl (C=O) groups is 2. The fraction of sp³-hybridized carbons (Fsp3) is 0.300. The van der Waals surface area contributed by atoms with Crippen LogP contribution in [0, 0.1) is 12.8 Å². The van der Waals surface area contributed by atoms with E-state index in [0.717, 1.165) is 5.56 Å². The Labute approximate surface area is 166 Å². The normalized spacial score (nSPS) is 16.5. The molecule has 1 N–H and O–H groups in total. The Morgan fingerprint density at radius 3 is 2.75 bits per heavy atom. The first-order valence-corrected chi connectivity index (χ1v) is 9.56. The van der Waals surface area contributed by atoms with Crippen LogP contribution in [0.2, 0.25) is 0 Å². The van der Waals surface area contributed by atoms with Gasteiger partial charge >= 0.3 is 0 Å². The number of anilines is 2. The minimum absolute atomic E-state index is 0.0487. The van der Waals surface area contributed by atoms with Gasteiger partial charge in [-0.15, -0.1) is 0 Å². The smallest absolute Gasteiger partial charge is 0.288 e. The number of para-hydroxylation sites is 1. The fourth-order valence-electron chi connectivity index (χ4n) is 3.13. The Kier molecular flexibility index (Phi) is 6.18. The largest absolute Gasteiger partial charge is 0.495 e. The van der Waals surface area contributed by atoms with Gasteiger partial charge in [0, 0.05) is 17.9 Å². The molecule has 2 aromatic carbocycles. The van der Waals surface area contributed by atoms with E-state index in [1.54, 1.807) is 24.3 Å². The lowest BCUT2D eigenvalue weighted by molar-refractivity contribution is -0.122. The zero-order valence-corrected chi connectivity index (χ0v) is 16.3. The van der Waals surface area contributed by atoms with Gasteiger partial charge in [0.25, 0.3) is 5.76 Å². The second-order valence-electron chi connectivity index (χ2n) is 6.44. The molecule has 1 heterocycles. The Morgan fingerprint density at radius 1 is 1.29 bits per heavy atom. The second-order valence-corrected chi connectivity index (χ2v) is 7.48. The lowest BCUT2D eigenvalue weighted by atomic mass is 10.1. The summed E-state index contributed by atoms with van der Waals surface area (Å²) in [6.07, 6.45) is 0.0487. The van der Waals surface area contributed by atoms with Gasteiger partial charge in [-0.2, -0.15) is 8.78 Å². The predicted molar refractivity (Wildman–Crippen MR) is 105 cm³/mol. The van der Waals surface area contributed by atoms with E-state index >= 15 is 0 Å². The molecule has 1 aliphatic heterocycles. The number of methoxy groups -OCH3 is 1. The Balaban J connectivity index is 1.76. The van der Waals surface area contributed by atoms with Crippen molar-refractivity contribution in [1.82, 2.24) is 0 Å². The van der Waals surface area contributed by atoms with E-state index in [4.69, 9.17) is 4.74 Å². The lowest BCUT2D eigenvalue weighted by Crippen LogP contribution is -2.28. The van der Waals surface area contributed by atoms with E-state index < -0.39 is 11.7 Å². The molecule has 28 heavy (non-hydrogen) atoms. The highest BCUT2D eigenvalue weighted by atomic mass is 32.2. The highest BCUT2D eigenvalue weighted by molar-refractivity contribution is 7.99. The summed E-state index contributed by atoms with van der Waals surface area (Å²) in [6, 6.07) is 11.9. The minimum Gasteiger partial charge on any atom is -0.495 e. The van der Waals surface area contributed by atoms with Gasteiger partial charge in [-0.05, 0) is 36.8 Å². The van der Waals surface area contributed by atoms with Crippen molar-refractivity contribution in [1.29, 1.82) is 0 Å². The zero-order chi connectivity index (χ0) is 20.3. The van der Waals surface area contributed by atoms with Crippen LogP contribution in [0.4, 0.5) is 20.2 Å². The van der Waals surface area contributed by atoms with Crippen LogP contribution in [-0.2, 0) is 9.59 Å². The number of carbonyl (C=O) groups excluding carboxylic acids is 2. The van der Waals surface area contributed by atoms with Gasteiger partial charge < -0.3 is 15.0 Å². The average molecular weight is 406 g/mol. The summed E-state index contributed by atoms with van der Waals surface area (Å²) in [4.78, 5) is 27.0. The lowest BCUT2D eigenvalue weighted by Gasteiger charge is -2.20. The first kappa shape index (κ1) is 20.1. The van der Waals surface area contributed by atoms with E-state index in [1.165, 1.54) is 18.1 Å². The van der Waals surface area contributed by atoms with Crippen LogP contribution >= 0.6 is 11.8 Å². The van der Waals surface area contributed by atoms with Crippen LogP contribution in [0.25, 0.3) is 0 Å². The molecule has 0 spiro atoms. The number of hydrogen-bond acceptors (Lipinski definition) is 4. The topological polar surface area (TPSA) is 58.6 Å². The molecule has 2 amide bonds. The Bertz CT molecular complexity index is 892. The maximum atomic E-state index is 12.7. The Morgan fingerprint density at radius 2 is 2.04 bits per heavy atom. The maximum Gasteiger partial charge on any atom is 0.288 e. The fourth-order valence-corrected chi connectivity index (χ4v) is 3.73. The molecule has 1 saturated heterocycles. The maximum absolute atomic E-state index is 12.7. The van der Waals surface area contributed by atoms with E-state index in [2.05, 4.69) is 5.32 Å². The first-order chi connectivity index (χ1) is 13.4. The molecule has 0 radical (unpaired) electrons. The standard InChI is InChI=1S/C20H20F2N2O3S/c1-12-7-8-16(27-2)15(9-12)24-11-13(10-18(24)25)19(26)23-14-5-3-4-6-17(14)28-20(21)22/h3-9,13,20H,10-11H2,1-2H3,(H,23,26). The van der Waals surface area contributed by atoms with Crippen LogP contribution in [0.5, 0.6) is 5.75 Å². The van der Waals surface area contributed by atoms with E-state index in [0.29, 0.717) is 28.9 Å². The Hall–Kier alpha value is -2.61. The highest BCUT2D eigenvalue weighted by Crippen LogP contribution is 2.35. The number of ether oxygens (including phenoxy) is 1. The molecule has 1 unspecified atom stereocenters. The van der Waals surface area contributed by atoms with Crippen molar-refractivity contribution in [2.24, 2.45) is 5.92 Å². The molecule has 0 aliphatic carbocycles. The molecular formula is C20H20F2N2O3S. The van der Waals surface area contributed by atoms with Gasteiger partial charge in [0.2, 0.25) is 11.8 Å². The highest BCUT2D eigenvalue weighted by Gasteiger charge is 2.36. The van der Waals surface area contributed by atoms with Crippen LogP contribution < -0.4 is 15.0 Å². The van der Waals surface area contributed by atoms with Gasteiger partial charge in [0.15, 0.2) is 0 Å². The average Bonchev–Trinajstić information content (AvgIpc) is 3.04. The van der Waals surface area contributed by atoms with Crippen LogP contribution in [0.3, 0.4) is 0 Å². The third kappa shape index (κ3) is 4.44. The van der Waals surface area contributed by atoms with E-state index in [-0.39, 0.29) is 29.7 Å².